The summed E-state index contributed by atoms with van der Waals surface area (Å²) in [5, 5.41) is 10.5. The zero-order chi connectivity index (χ0) is 13.2. The minimum absolute atomic E-state index is 0.287. The van der Waals surface area contributed by atoms with E-state index in [1.54, 1.807) is 0 Å². The van der Waals surface area contributed by atoms with E-state index < -0.39 is 0 Å². The Kier molecular flexibility index (Phi) is 3.82. The molecule has 1 N–H and O–H groups in total. The van der Waals surface area contributed by atoms with E-state index in [0.717, 1.165) is 44.8 Å². The third-order valence-corrected chi connectivity index (χ3v) is 4.48. The molecule has 1 aromatic rings. The third-order valence-electron chi connectivity index (χ3n) is 4.48. The Bertz CT molecular complexity index is 412. The number of hydrogen-bond donors (Lipinski definition) is 1. The van der Waals surface area contributed by atoms with Gasteiger partial charge in [-0.25, -0.2) is 0 Å². The Labute approximate surface area is 115 Å². The molecule has 2 atom stereocenters. The molecule has 2 unspecified atom stereocenters. The summed E-state index contributed by atoms with van der Waals surface area (Å²) in [7, 11) is 0. The van der Waals surface area contributed by atoms with Gasteiger partial charge in [-0.15, -0.1) is 0 Å². The Balaban J connectivity index is 1.62. The lowest BCUT2D eigenvalue weighted by molar-refractivity contribution is -0.0455. The molecule has 0 spiro atoms. The lowest BCUT2D eigenvalue weighted by Crippen LogP contribution is -2.64. The predicted molar refractivity (Wildman–Crippen MR) is 75.1 cm³/mol. The third kappa shape index (κ3) is 2.81. The highest BCUT2D eigenvalue weighted by Crippen LogP contribution is 2.20. The SMILES string of the molecule is CCc1ccc(CC(O)C2CN3CCN2CC3)nc1. The molecule has 3 saturated heterocycles. The molecular formula is C15H23N3O. The van der Waals surface area contributed by atoms with Crippen LogP contribution in [0.15, 0.2) is 18.3 Å². The molecule has 4 heterocycles. The normalized spacial score (nSPS) is 31.4. The van der Waals surface area contributed by atoms with Crippen LogP contribution >= 0.6 is 0 Å². The Morgan fingerprint density at radius 2 is 2.11 bits per heavy atom. The van der Waals surface area contributed by atoms with E-state index in [1.807, 2.05) is 6.20 Å². The number of hydrogen-bond acceptors (Lipinski definition) is 4. The number of aliphatic hydroxyl groups is 1. The average molecular weight is 261 g/mol. The number of pyridine rings is 1. The van der Waals surface area contributed by atoms with E-state index >= 15 is 0 Å². The average Bonchev–Trinajstić information content (AvgIpc) is 2.49. The standard InChI is InChI=1S/C15H23N3O/c1-2-12-3-4-13(16-10-12)9-15(19)14-11-17-5-7-18(14)8-6-17/h3-4,10,14-15,19H,2,5-9,11H2,1H3. The first-order valence-electron chi connectivity index (χ1n) is 7.34. The lowest BCUT2D eigenvalue weighted by Gasteiger charge is -2.49. The molecule has 19 heavy (non-hydrogen) atoms. The molecule has 0 amide bonds. The first-order chi connectivity index (χ1) is 9.26. The van der Waals surface area contributed by atoms with E-state index in [9.17, 15) is 5.11 Å². The van der Waals surface area contributed by atoms with Crippen LogP contribution < -0.4 is 0 Å². The van der Waals surface area contributed by atoms with Crippen molar-refractivity contribution in [2.45, 2.75) is 31.9 Å². The maximum Gasteiger partial charge on any atom is 0.0763 e. The Morgan fingerprint density at radius 3 is 2.63 bits per heavy atom. The van der Waals surface area contributed by atoms with Crippen molar-refractivity contribution in [3.63, 3.8) is 0 Å². The van der Waals surface area contributed by atoms with Crippen LogP contribution in [-0.2, 0) is 12.8 Å². The smallest absolute Gasteiger partial charge is 0.0763 e. The number of fused-ring (bicyclic) bond motifs is 3. The lowest BCUT2D eigenvalue weighted by atomic mass is 9.98. The number of aromatic nitrogens is 1. The molecule has 3 aliphatic rings. The fourth-order valence-corrected chi connectivity index (χ4v) is 3.16. The number of rotatable bonds is 4. The summed E-state index contributed by atoms with van der Waals surface area (Å²) < 4.78 is 0. The van der Waals surface area contributed by atoms with E-state index in [4.69, 9.17) is 0 Å². The zero-order valence-electron chi connectivity index (χ0n) is 11.6. The summed E-state index contributed by atoms with van der Waals surface area (Å²) in [6, 6.07) is 4.46. The second kappa shape index (κ2) is 5.57. The van der Waals surface area contributed by atoms with Gasteiger partial charge in [0.2, 0.25) is 0 Å². The highest BCUT2D eigenvalue weighted by atomic mass is 16.3. The Morgan fingerprint density at radius 1 is 1.32 bits per heavy atom. The van der Waals surface area contributed by atoms with E-state index in [1.165, 1.54) is 5.56 Å². The van der Waals surface area contributed by atoms with Crippen molar-refractivity contribution < 1.29 is 5.11 Å². The maximum atomic E-state index is 10.5. The molecule has 3 fully saturated rings. The summed E-state index contributed by atoms with van der Waals surface area (Å²) in [6.45, 7) is 7.66. The van der Waals surface area contributed by atoms with Crippen molar-refractivity contribution >= 4 is 0 Å². The Hall–Kier alpha value is -0.970. The summed E-state index contributed by atoms with van der Waals surface area (Å²) in [5.74, 6) is 0. The van der Waals surface area contributed by atoms with Gasteiger partial charge in [-0.3, -0.25) is 14.8 Å². The van der Waals surface area contributed by atoms with Crippen LogP contribution in [0.4, 0.5) is 0 Å². The van der Waals surface area contributed by atoms with E-state index in [0.29, 0.717) is 6.42 Å². The van der Waals surface area contributed by atoms with Gasteiger partial charge in [0, 0.05) is 57.1 Å². The number of aryl methyl sites for hydroxylation is 1. The summed E-state index contributed by atoms with van der Waals surface area (Å²) in [4.78, 5) is 9.35. The van der Waals surface area contributed by atoms with Crippen molar-refractivity contribution in [1.82, 2.24) is 14.8 Å². The molecule has 4 nitrogen and oxygen atoms in total. The molecule has 1 aromatic heterocycles. The number of nitrogens with zero attached hydrogens (tertiary/aromatic N) is 3. The first-order valence-corrected chi connectivity index (χ1v) is 7.34. The molecule has 4 rings (SSSR count). The summed E-state index contributed by atoms with van der Waals surface area (Å²) in [6.07, 6.45) is 3.31. The minimum Gasteiger partial charge on any atom is -0.391 e. The van der Waals surface area contributed by atoms with Gasteiger partial charge in [0.15, 0.2) is 0 Å². The molecule has 0 aliphatic carbocycles. The van der Waals surface area contributed by atoms with Crippen molar-refractivity contribution in [3.8, 4) is 0 Å². The molecule has 0 radical (unpaired) electrons. The van der Waals surface area contributed by atoms with Gasteiger partial charge in [0.1, 0.15) is 0 Å². The van der Waals surface area contributed by atoms with Crippen molar-refractivity contribution in [2.75, 3.05) is 32.7 Å². The highest BCUT2D eigenvalue weighted by Gasteiger charge is 2.36. The van der Waals surface area contributed by atoms with Crippen molar-refractivity contribution in [3.05, 3.63) is 29.6 Å². The molecule has 3 aliphatic heterocycles. The van der Waals surface area contributed by atoms with Gasteiger partial charge >= 0.3 is 0 Å². The summed E-state index contributed by atoms with van der Waals surface area (Å²) in [5.41, 5.74) is 2.26. The molecule has 2 bridgehead atoms. The van der Waals surface area contributed by atoms with Crippen LogP contribution in [0.5, 0.6) is 0 Å². The fourth-order valence-electron chi connectivity index (χ4n) is 3.16. The molecular weight excluding hydrogens is 238 g/mol. The van der Waals surface area contributed by atoms with Gasteiger partial charge in [-0.2, -0.15) is 0 Å². The van der Waals surface area contributed by atoms with Gasteiger partial charge in [0.05, 0.1) is 6.10 Å². The quantitative estimate of drug-likeness (QED) is 0.859. The second-order valence-corrected chi connectivity index (χ2v) is 5.69. The largest absolute Gasteiger partial charge is 0.391 e. The van der Waals surface area contributed by atoms with Crippen LogP contribution in [0, 0.1) is 0 Å². The van der Waals surface area contributed by atoms with Crippen LogP contribution in [0.3, 0.4) is 0 Å². The predicted octanol–water partition coefficient (Wildman–Crippen LogP) is 0.547. The van der Waals surface area contributed by atoms with E-state index in [2.05, 4.69) is 33.8 Å². The zero-order valence-corrected chi connectivity index (χ0v) is 11.6. The van der Waals surface area contributed by atoms with Gasteiger partial charge in [-0.05, 0) is 18.1 Å². The van der Waals surface area contributed by atoms with Crippen LogP contribution in [0.25, 0.3) is 0 Å². The minimum atomic E-state index is -0.303. The van der Waals surface area contributed by atoms with Gasteiger partial charge in [0.25, 0.3) is 0 Å². The van der Waals surface area contributed by atoms with Crippen LogP contribution in [-0.4, -0.2) is 64.8 Å². The molecule has 104 valence electrons. The van der Waals surface area contributed by atoms with Gasteiger partial charge < -0.3 is 5.11 Å². The maximum absolute atomic E-state index is 10.5. The molecule has 4 heteroatoms. The first kappa shape index (κ1) is 13.0. The van der Waals surface area contributed by atoms with E-state index in [-0.39, 0.29) is 12.1 Å². The van der Waals surface area contributed by atoms with Crippen molar-refractivity contribution in [1.29, 1.82) is 0 Å². The number of aliphatic hydroxyl groups excluding tert-OH is 1. The number of piperazine rings is 3. The van der Waals surface area contributed by atoms with Crippen LogP contribution in [0.2, 0.25) is 0 Å². The topological polar surface area (TPSA) is 39.6 Å². The van der Waals surface area contributed by atoms with Crippen molar-refractivity contribution in [2.24, 2.45) is 0 Å². The fraction of sp³-hybridized carbons (Fsp3) is 0.667. The van der Waals surface area contributed by atoms with Crippen LogP contribution in [0.1, 0.15) is 18.2 Å². The molecule has 0 aromatic carbocycles. The molecule has 0 saturated carbocycles. The van der Waals surface area contributed by atoms with Gasteiger partial charge in [-0.1, -0.05) is 13.0 Å². The second-order valence-electron chi connectivity index (χ2n) is 5.69. The highest BCUT2D eigenvalue weighted by molar-refractivity contribution is 5.15. The monoisotopic (exact) mass is 261 g/mol. The summed E-state index contributed by atoms with van der Waals surface area (Å²) >= 11 is 0.